The number of aryl methyl sites for hydroxylation is 1. The fraction of sp³-hybridized carbons (Fsp3) is 0.400. The molecule has 0 bridgehead atoms. The summed E-state index contributed by atoms with van der Waals surface area (Å²) in [6.07, 6.45) is 1.84. The molecule has 3 nitrogen and oxygen atoms in total. The van der Waals surface area contributed by atoms with E-state index in [9.17, 15) is 4.39 Å². The van der Waals surface area contributed by atoms with Crippen LogP contribution in [-0.2, 0) is 6.54 Å². The fourth-order valence-electron chi connectivity index (χ4n) is 2.18. The first-order valence-corrected chi connectivity index (χ1v) is 6.55. The summed E-state index contributed by atoms with van der Waals surface area (Å²) in [7, 11) is 0. The summed E-state index contributed by atoms with van der Waals surface area (Å²) in [5, 5.41) is 10.5. The Kier molecular flexibility index (Phi) is 4.32. The predicted molar refractivity (Wildman–Crippen MR) is 74.1 cm³/mol. The number of nitrogens with one attached hydrogen (secondary N) is 2. The van der Waals surface area contributed by atoms with Gasteiger partial charge in [0.15, 0.2) is 0 Å². The maximum absolute atomic E-state index is 13.0. The number of hydrogen-bond acceptors (Lipinski definition) is 2. The normalized spacial score (nSPS) is 12.9. The number of aromatic amines is 1. The van der Waals surface area contributed by atoms with Gasteiger partial charge in [0.2, 0.25) is 0 Å². The first kappa shape index (κ1) is 13.7. The van der Waals surface area contributed by atoms with E-state index < -0.39 is 0 Å². The van der Waals surface area contributed by atoms with Gasteiger partial charge < -0.3 is 5.32 Å². The fourth-order valence-corrected chi connectivity index (χ4v) is 2.18. The topological polar surface area (TPSA) is 40.7 Å². The van der Waals surface area contributed by atoms with Crippen LogP contribution in [0.1, 0.15) is 36.7 Å². The average Bonchev–Trinajstić information content (AvgIpc) is 2.77. The van der Waals surface area contributed by atoms with E-state index in [2.05, 4.69) is 29.4 Å². The monoisotopic (exact) mass is 261 g/mol. The minimum atomic E-state index is -0.197. The van der Waals surface area contributed by atoms with Crippen molar-refractivity contribution in [2.45, 2.75) is 33.4 Å². The maximum Gasteiger partial charge on any atom is 0.123 e. The molecule has 2 N–H and O–H groups in total. The van der Waals surface area contributed by atoms with Crippen LogP contribution in [0.4, 0.5) is 4.39 Å². The van der Waals surface area contributed by atoms with E-state index in [0.717, 1.165) is 23.4 Å². The Morgan fingerprint density at radius 3 is 2.47 bits per heavy atom. The van der Waals surface area contributed by atoms with E-state index in [0.29, 0.717) is 5.92 Å². The summed E-state index contributed by atoms with van der Waals surface area (Å²) in [5.74, 6) is 0.231. The second kappa shape index (κ2) is 5.97. The summed E-state index contributed by atoms with van der Waals surface area (Å²) >= 11 is 0. The largest absolute Gasteiger partial charge is 0.306 e. The summed E-state index contributed by atoms with van der Waals surface area (Å²) in [5.41, 5.74) is 3.35. The highest BCUT2D eigenvalue weighted by molar-refractivity contribution is 5.21. The van der Waals surface area contributed by atoms with Crippen molar-refractivity contribution in [1.29, 1.82) is 0 Å². The third-order valence-corrected chi connectivity index (χ3v) is 3.34. The van der Waals surface area contributed by atoms with Crippen molar-refractivity contribution in [3.63, 3.8) is 0 Å². The molecule has 2 aromatic rings. The highest BCUT2D eigenvalue weighted by atomic mass is 19.1. The SMILES string of the molecule is Cc1[nH]ncc1CN[C@@H](c1ccc(F)cc1)C(C)C. The quantitative estimate of drug-likeness (QED) is 0.866. The van der Waals surface area contributed by atoms with Gasteiger partial charge in [-0.25, -0.2) is 4.39 Å². The molecule has 0 amide bonds. The number of rotatable bonds is 5. The van der Waals surface area contributed by atoms with Crippen molar-refractivity contribution in [1.82, 2.24) is 15.5 Å². The van der Waals surface area contributed by atoms with Gasteiger partial charge in [-0.2, -0.15) is 5.10 Å². The average molecular weight is 261 g/mol. The number of halogens is 1. The van der Waals surface area contributed by atoms with Gasteiger partial charge in [0.1, 0.15) is 5.82 Å². The third-order valence-electron chi connectivity index (χ3n) is 3.34. The summed E-state index contributed by atoms with van der Waals surface area (Å²) in [6, 6.07) is 6.91. The molecule has 4 heteroatoms. The first-order chi connectivity index (χ1) is 9.08. The highest BCUT2D eigenvalue weighted by Gasteiger charge is 2.15. The number of benzene rings is 1. The van der Waals surface area contributed by atoms with Crippen LogP contribution in [0.2, 0.25) is 0 Å². The number of H-pyrrole nitrogens is 1. The number of hydrogen-bond donors (Lipinski definition) is 2. The van der Waals surface area contributed by atoms with Crippen LogP contribution in [0, 0.1) is 18.7 Å². The van der Waals surface area contributed by atoms with Crippen molar-refractivity contribution < 1.29 is 4.39 Å². The van der Waals surface area contributed by atoms with Crippen LogP contribution in [0.15, 0.2) is 30.5 Å². The molecule has 1 aromatic heterocycles. The second-order valence-corrected chi connectivity index (χ2v) is 5.17. The van der Waals surface area contributed by atoms with Crippen LogP contribution >= 0.6 is 0 Å². The van der Waals surface area contributed by atoms with Crippen LogP contribution in [-0.4, -0.2) is 10.2 Å². The lowest BCUT2D eigenvalue weighted by atomic mass is 9.96. The van der Waals surface area contributed by atoms with Gasteiger partial charge in [-0.3, -0.25) is 5.10 Å². The van der Waals surface area contributed by atoms with Crippen molar-refractivity contribution in [2.24, 2.45) is 5.92 Å². The zero-order valence-corrected chi connectivity index (χ0v) is 11.6. The van der Waals surface area contributed by atoms with Crippen molar-refractivity contribution in [3.8, 4) is 0 Å². The van der Waals surface area contributed by atoms with E-state index >= 15 is 0 Å². The van der Waals surface area contributed by atoms with Gasteiger partial charge >= 0.3 is 0 Å². The Morgan fingerprint density at radius 2 is 1.95 bits per heavy atom. The predicted octanol–water partition coefficient (Wildman–Crippen LogP) is 3.34. The summed E-state index contributed by atoms with van der Waals surface area (Å²) in [4.78, 5) is 0. The molecule has 0 aliphatic carbocycles. The van der Waals surface area contributed by atoms with Crippen LogP contribution in [0.3, 0.4) is 0 Å². The van der Waals surface area contributed by atoms with Gasteiger partial charge in [0.05, 0.1) is 6.20 Å². The Bertz CT molecular complexity index is 516. The molecule has 0 aliphatic rings. The molecule has 0 saturated heterocycles. The molecule has 0 fully saturated rings. The Morgan fingerprint density at radius 1 is 1.26 bits per heavy atom. The number of nitrogens with zero attached hydrogens (tertiary/aromatic N) is 1. The minimum Gasteiger partial charge on any atom is -0.306 e. The van der Waals surface area contributed by atoms with Crippen molar-refractivity contribution in [3.05, 3.63) is 53.1 Å². The third kappa shape index (κ3) is 3.41. The summed E-state index contributed by atoms with van der Waals surface area (Å²) < 4.78 is 13.0. The Labute approximate surface area is 113 Å². The van der Waals surface area contributed by atoms with E-state index in [1.54, 1.807) is 0 Å². The zero-order chi connectivity index (χ0) is 13.8. The molecule has 1 atom stereocenters. The Hall–Kier alpha value is -1.68. The molecule has 0 radical (unpaired) electrons. The van der Waals surface area contributed by atoms with Crippen molar-refractivity contribution >= 4 is 0 Å². The van der Waals surface area contributed by atoms with E-state index in [4.69, 9.17) is 0 Å². The van der Waals surface area contributed by atoms with Gasteiger partial charge in [-0.05, 0) is 30.5 Å². The smallest absolute Gasteiger partial charge is 0.123 e. The zero-order valence-electron chi connectivity index (χ0n) is 11.6. The van der Waals surface area contributed by atoms with E-state index in [-0.39, 0.29) is 11.9 Å². The molecular formula is C15H20FN3. The van der Waals surface area contributed by atoms with Crippen molar-refractivity contribution in [2.75, 3.05) is 0 Å². The first-order valence-electron chi connectivity index (χ1n) is 6.55. The van der Waals surface area contributed by atoms with Gasteiger partial charge in [-0.1, -0.05) is 26.0 Å². The molecule has 0 saturated carbocycles. The molecule has 1 aromatic carbocycles. The molecule has 102 valence electrons. The molecule has 1 heterocycles. The molecule has 0 unspecified atom stereocenters. The molecule has 19 heavy (non-hydrogen) atoms. The molecular weight excluding hydrogens is 241 g/mol. The summed E-state index contributed by atoms with van der Waals surface area (Å²) in [6.45, 7) is 7.07. The molecule has 0 spiro atoms. The highest BCUT2D eigenvalue weighted by Crippen LogP contribution is 2.22. The molecule has 2 rings (SSSR count). The van der Waals surface area contributed by atoms with Gasteiger partial charge in [0, 0.05) is 23.8 Å². The van der Waals surface area contributed by atoms with Crippen LogP contribution in [0.5, 0.6) is 0 Å². The molecule has 0 aliphatic heterocycles. The Balaban J connectivity index is 2.08. The van der Waals surface area contributed by atoms with E-state index in [1.165, 1.54) is 12.1 Å². The van der Waals surface area contributed by atoms with E-state index in [1.807, 2.05) is 25.3 Å². The lowest BCUT2D eigenvalue weighted by Gasteiger charge is -2.23. The van der Waals surface area contributed by atoms with Crippen LogP contribution in [0.25, 0.3) is 0 Å². The minimum absolute atomic E-state index is 0.197. The number of aromatic nitrogens is 2. The standard InChI is InChI=1S/C15H20FN3/c1-10(2)15(12-4-6-14(16)7-5-12)17-8-13-9-18-19-11(13)3/h4-7,9-10,15,17H,8H2,1-3H3,(H,18,19)/t15-/m1/s1. The van der Waals surface area contributed by atoms with Gasteiger partial charge in [-0.15, -0.1) is 0 Å². The maximum atomic E-state index is 13.0. The van der Waals surface area contributed by atoms with Gasteiger partial charge in [0.25, 0.3) is 0 Å². The lowest BCUT2D eigenvalue weighted by molar-refractivity contribution is 0.410. The lowest BCUT2D eigenvalue weighted by Crippen LogP contribution is -2.25. The second-order valence-electron chi connectivity index (χ2n) is 5.17. The van der Waals surface area contributed by atoms with Crippen LogP contribution < -0.4 is 5.32 Å².